The van der Waals surface area contributed by atoms with Gasteiger partial charge in [0.15, 0.2) is 0 Å². The van der Waals surface area contributed by atoms with Gasteiger partial charge in [0.25, 0.3) is 0 Å². The lowest BCUT2D eigenvalue weighted by Gasteiger charge is -2.25. The lowest BCUT2D eigenvalue weighted by atomic mass is 9.93. The smallest absolute Gasteiger partial charge is 0.0443 e. The van der Waals surface area contributed by atoms with Crippen molar-refractivity contribution < 1.29 is 0 Å². The van der Waals surface area contributed by atoms with Crippen molar-refractivity contribution >= 4 is 11.3 Å². The Labute approximate surface area is 111 Å². The lowest BCUT2D eigenvalue weighted by Crippen LogP contribution is -2.27. The molecule has 2 heteroatoms. The van der Waals surface area contributed by atoms with Gasteiger partial charge in [0, 0.05) is 10.9 Å². The minimum absolute atomic E-state index is 0.560. The first-order valence-electron chi connectivity index (χ1n) is 7.04. The van der Waals surface area contributed by atoms with Crippen LogP contribution in [0.25, 0.3) is 0 Å². The molecule has 0 fully saturated rings. The summed E-state index contributed by atoms with van der Waals surface area (Å²) in [7, 11) is 0. The van der Waals surface area contributed by atoms with E-state index < -0.39 is 0 Å². The predicted molar refractivity (Wildman–Crippen MR) is 78.8 cm³/mol. The van der Waals surface area contributed by atoms with Crippen molar-refractivity contribution in [1.82, 2.24) is 5.32 Å². The van der Waals surface area contributed by atoms with Crippen LogP contribution in [0.4, 0.5) is 0 Å². The van der Waals surface area contributed by atoms with Gasteiger partial charge >= 0.3 is 0 Å². The fraction of sp³-hybridized carbons (Fsp3) is 0.733. The second kappa shape index (κ2) is 7.88. The summed E-state index contributed by atoms with van der Waals surface area (Å²) in [5.41, 5.74) is 1.53. The number of hydrogen-bond donors (Lipinski definition) is 1. The molecule has 1 aromatic heterocycles. The standard InChI is InChI=1S/C15H27NS/c1-5-8-12(4)14(16-10-6-2)15-13(7-3)9-11-17-15/h9,11-12,14,16H,5-8,10H2,1-4H3. The quantitative estimate of drug-likeness (QED) is 0.702. The average molecular weight is 253 g/mol. The van der Waals surface area contributed by atoms with Gasteiger partial charge in [0.05, 0.1) is 0 Å². The summed E-state index contributed by atoms with van der Waals surface area (Å²) in [6.07, 6.45) is 4.95. The summed E-state index contributed by atoms with van der Waals surface area (Å²) in [5, 5.41) is 5.99. The Morgan fingerprint density at radius 2 is 2.00 bits per heavy atom. The summed E-state index contributed by atoms with van der Waals surface area (Å²) in [6, 6.07) is 2.85. The van der Waals surface area contributed by atoms with Crippen molar-refractivity contribution in [2.24, 2.45) is 5.92 Å². The molecule has 2 unspecified atom stereocenters. The first-order valence-corrected chi connectivity index (χ1v) is 7.92. The van der Waals surface area contributed by atoms with Gasteiger partial charge in [-0.2, -0.15) is 0 Å². The summed E-state index contributed by atoms with van der Waals surface area (Å²) in [5.74, 6) is 0.732. The number of hydrogen-bond acceptors (Lipinski definition) is 2. The van der Waals surface area contributed by atoms with Crippen molar-refractivity contribution in [2.75, 3.05) is 6.54 Å². The van der Waals surface area contributed by atoms with Gasteiger partial charge in [0.2, 0.25) is 0 Å². The summed E-state index contributed by atoms with van der Waals surface area (Å²) >= 11 is 1.92. The normalized spacial score (nSPS) is 14.8. The molecule has 98 valence electrons. The van der Waals surface area contributed by atoms with E-state index in [1.807, 2.05) is 11.3 Å². The molecule has 0 aliphatic rings. The highest BCUT2D eigenvalue weighted by molar-refractivity contribution is 7.10. The van der Waals surface area contributed by atoms with Crippen molar-refractivity contribution in [1.29, 1.82) is 0 Å². The Bertz CT molecular complexity index is 306. The van der Waals surface area contributed by atoms with E-state index in [1.54, 1.807) is 4.88 Å². The van der Waals surface area contributed by atoms with Crippen LogP contribution in [0.15, 0.2) is 11.4 Å². The third kappa shape index (κ3) is 4.11. The maximum atomic E-state index is 3.74. The molecule has 0 saturated carbocycles. The number of nitrogens with one attached hydrogen (secondary N) is 1. The van der Waals surface area contributed by atoms with Gasteiger partial charge < -0.3 is 5.32 Å². The summed E-state index contributed by atoms with van der Waals surface area (Å²) in [4.78, 5) is 1.57. The molecular formula is C15H27NS. The zero-order valence-corrected chi connectivity index (χ0v) is 12.6. The molecule has 1 heterocycles. The molecule has 0 aliphatic carbocycles. The molecule has 0 spiro atoms. The SMILES string of the molecule is CCCNC(c1sccc1CC)C(C)CCC. The van der Waals surface area contributed by atoms with Crippen LogP contribution in [0.5, 0.6) is 0 Å². The highest BCUT2D eigenvalue weighted by atomic mass is 32.1. The molecular weight excluding hydrogens is 226 g/mol. The first-order chi connectivity index (χ1) is 8.24. The van der Waals surface area contributed by atoms with Crippen LogP contribution in [0, 0.1) is 5.92 Å². The Balaban J connectivity index is 2.81. The Hall–Kier alpha value is -0.340. The highest BCUT2D eigenvalue weighted by Crippen LogP contribution is 2.32. The second-order valence-electron chi connectivity index (χ2n) is 4.86. The minimum Gasteiger partial charge on any atom is -0.309 e. The average Bonchev–Trinajstić information content (AvgIpc) is 2.78. The monoisotopic (exact) mass is 253 g/mol. The van der Waals surface area contributed by atoms with Gasteiger partial charge in [-0.15, -0.1) is 11.3 Å². The van der Waals surface area contributed by atoms with Crippen molar-refractivity contribution in [3.63, 3.8) is 0 Å². The Morgan fingerprint density at radius 3 is 2.59 bits per heavy atom. The maximum absolute atomic E-state index is 3.74. The molecule has 0 aromatic carbocycles. The molecule has 0 aliphatic heterocycles. The van der Waals surface area contributed by atoms with Crippen LogP contribution >= 0.6 is 11.3 Å². The van der Waals surface area contributed by atoms with Crippen molar-refractivity contribution in [2.45, 2.75) is 59.4 Å². The molecule has 17 heavy (non-hydrogen) atoms. The van der Waals surface area contributed by atoms with Crippen molar-refractivity contribution in [3.05, 3.63) is 21.9 Å². The second-order valence-corrected chi connectivity index (χ2v) is 5.81. The maximum Gasteiger partial charge on any atom is 0.0443 e. The largest absolute Gasteiger partial charge is 0.309 e. The summed E-state index contributed by atoms with van der Waals surface area (Å²) < 4.78 is 0. The van der Waals surface area contributed by atoms with E-state index in [4.69, 9.17) is 0 Å². The van der Waals surface area contributed by atoms with Crippen LogP contribution in [-0.2, 0) is 6.42 Å². The zero-order valence-electron chi connectivity index (χ0n) is 11.8. The number of rotatable bonds is 8. The molecule has 0 amide bonds. The van der Waals surface area contributed by atoms with Crippen LogP contribution in [-0.4, -0.2) is 6.54 Å². The van der Waals surface area contributed by atoms with Crippen LogP contribution in [0.3, 0.4) is 0 Å². The minimum atomic E-state index is 0.560. The molecule has 0 bridgehead atoms. The Kier molecular flexibility index (Phi) is 6.83. The van der Waals surface area contributed by atoms with Gasteiger partial charge in [-0.3, -0.25) is 0 Å². The fourth-order valence-corrected chi connectivity index (χ4v) is 3.59. The molecule has 0 saturated heterocycles. The van der Waals surface area contributed by atoms with Gasteiger partial charge in [-0.25, -0.2) is 0 Å². The van der Waals surface area contributed by atoms with Crippen LogP contribution < -0.4 is 5.32 Å². The van der Waals surface area contributed by atoms with E-state index in [9.17, 15) is 0 Å². The van der Waals surface area contributed by atoms with Gasteiger partial charge in [-0.1, -0.05) is 34.1 Å². The molecule has 1 N–H and O–H groups in total. The van der Waals surface area contributed by atoms with E-state index in [2.05, 4.69) is 44.5 Å². The van der Waals surface area contributed by atoms with E-state index >= 15 is 0 Å². The fourth-order valence-electron chi connectivity index (χ4n) is 2.39. The number of thiophene rings is 1. The summed E-state index contributed by atoms with van der Waals surface area (Å²) in [6.45, 7) is 10.3. The Morgan fingerprint density at radius 1 is 1.24 bits per heavy atom. The van der Waals surface area contributed by atoms with Crippen molar-refractivity contribution in [3.8, 4) is 0 Å². The molecule has 1 rings (SSSR count). The van der Waals surface area contributed by atoms with E-state index in [1.165, 1.54) is 24.8 Å². The van der Waals surface area contributed by atoms with E-state index in [0.29, 0.717) is 6.04 Å². The highest BCUT2D eigenvalue weighted by Gasteiger charge is 2.21. The van der Waals surface area contributed by atoms with Crippen LogP contribution in [0.1, 0.15) is 63.4 Å². The zero-order chi connectivity index (χ0) is 12.7. The third-order valence-electron chi connectivity index (χ3n) is 3.37. The van der Waals surface area contributed by atoms with E-state index in [-0.39, 0.29) is 0 Å². The molecule has 1 nitrogen and oxygen atoms in total. The van der Waals surface area contributed by atoms with Gasteiger partial charge in [-0.05, 0) is 48.7 Å². The van der Waals surface area contributed by atoms with Crippen LogP contribution in [0.2, 0.25) is 0 Å². The molecule has 1 aromatic rings. The first kappa shape index (κ1) is 14.7. The topological polar surface area (TPSA) is 12.0 Å². The van der Waals surface area contributed by atoms with E-state index in [0.717, 1.165) is 18.9 Å². The predicted octanol–water partition coefficient (Wildman–Crippen LogP) is 4.79. The molecule has 0 radical (unpaired) electrons. The third-order valence-corrected chi connectivity index (χ3v) is 4.41. The molecule has 2 atom stereocenters. The van der Waals surface area contributed by atoms with Gasteiger partial charge in [0.1, 0.15) is 0 Å². The lowest BCUT2D eigenvalue weighted by molar-refractivity contribution is 0.366. The number of aryl methyl sites for hydroxylation is 1.